The Morgan fingerprint density at radius 3 is 2.00 bits per heavy atom. The third-order valence-corrected chi connectivity index (χ3v) is 5.26. The standard InChI is InChI=1S/C25H25BrN2O4/c1-17(2)20-10-6-7-11-22(20)31-15-24(29)27-28-25(30)16-32-23-13-12-19(14-21(23)26)18-8-4-3-5-9-18/h3-14,17H,15-16H2,1-2H3,(H,27,29)(H,28,30). The molecule has 0 aromatic heterocycles. The minimum absolute atomic E-state index is 0.211. The molecule has 0 radical (unpaired) electrons. The van der Waals surface area contributed by atoms with Crippen LogP contribution in [-0.4, -0.2) is 25.0 Å². The summed E-state index contributed by atoms with van der Waals surface area (Å²) in [4.78, 5) is 24.0. The van der Waals surface area contributed by atoms with Gasteiger partial charge in [0, 0.05) is 0 Å². The van der Waals surface area contributed by atoms with E-state index < -0.39 is 11.8 Å². The summed E-state index contributed by atoms with van der Waals surface area (Å²) in [7, 11) is 0. The third kappa shape index (κ3) is 6.59. The van der Waals surface area contributed by atoms with Gasteiger partial charge in [0.25, 0.3) is 11.8 Å². The van der Waals surface area contributed by atoms with Crippen LogP contribution in [0.25, 0.3) is 11.1 Å². The molecule has 2 amide bonds. The second-order valence-corrected chi connectivity index (χ2v) is 8.23. The molecule has 0 saturated carbocycles. The summed E-state index contributed by atoms with van der Waals surface area (Å²) in [5.74, 6) is 0.494. The fourth-order valence-electron chi connectivity index (χ4n) is 3.02. The zero-order valence-corrected chi connectivity index (χ0v) is 19.5. The van der Waals surface area contributed by atoms with Crippen molar-refractivity contribution in [1.82, 2.24) is 10.9 Å². The van der Waals surface area contributed by atoms with E-state index in [1.165, 1.54) is 0 Å². The Morgan fingerprint density at radius 1 is 0.781 bits per heavy atom. The predicted octanol–water partition coefficient (Wildman–Crippen LogP) is 4.84. The summed E-state index contributed by atoms with van der Waals surface area (Å²) in [6, 6.07) is 23.1. The van der Waals surface area contributed by atoms with Crippen LogP contribution in [0.5, 0.6) is 11.5 Å². The molecule has 32 heavy (non-hydrogen) atoms. The van der Waals surface area contributed by atoms with Gasteiger partial charge in [0.05, 0.1) is 4.47 Å². The number of nitrogens with one attached hydrogen (secondary N) is 2. The summed E-state index contributed by atoms with van der Waals surface area (Å²) in [6.45, 7) is 3.64. The first-order valence-electron chi connectivity index (χ1n) is 10.2. The molecule has 0 spiro atoms. The van der Waals surface area contributed by atoms with E-state index in [4.69, 9.17) is 9.47 Å². The van der Waals surface area contributed by atoms with Crippen molar-refractivity contribution in [2.24, 2.45) is 0 Å². The largest absolute Gasteiger partial charge is 0.483 e. The number of ether oxygens (including phenoxy) is 2. The molecule has 3 rings (SSSR count). The number of hydrogen-bond acceptors (Lipinski definition) is 4. The monoisotopic (exact) mass is 496 g/mol. The van der Waals surface area contributed by atoms with Crippen molar-refractivity contribution in [2.45, 2.75) is 19.8 Å². The van der Waals surface area contributed by atoms with Gasteiger partial charge >= 0.3 is 0 Å². The molecule has 0 unspecified atom stereocenters. The van der Waals surface area contributed by atoms with E-state index in [9.17, 15) is 9.59 Å². The Balaban J connectivity index is 1.44. The number of hydrazine groups is 1. The molecule has 3 aromatic carbocycles. The Kier molecular flexibility index (Phi) is 8.27. The molecule has 0 aliphatic rings. The van der Waals surface area contributed by atoms with E-state index in [2.05, 4.69) is 40.6 Å². The lowest BCUT2D eigenvalue weighted by Crippen LogP contribution is -2.45. The van der Waals surface area contributed by atoms with Gasteiger partial charge in [-0.2, -0.15) is 0 Å². The number of amides is 2. The van der Waals surface area contributed by atoms with Crippen LogP contribution in [0.2, 0.25) is 0 Å². The minimum Gasteiger partial charge on any atom is -0.483 e. The second-order valence-electron chi connectivity index (χ2n) is 7.38. The van der Waals surface area contributed by atoms with Gasteiger partial charge in [-0.1, -0.05) is 68.4 Å². The summed E-state index contributed by atoms with van der Waals surface area (Å²) in [6.07, 6.45) is 0. The Morgan fingerprint density at radius 2 is 1.38 bits per heavy atom. The van der Waals surface area contributed by atoms with Gasteiger partial charge in [0.1, 0.15) is 11.5 Å². The summed E-state index contributed by atoms with van der Waals surface area (Å²) in [5, 5.41) is 0. The molecule has 7 heteroatoms. The molecule has 0 fully saturated rings. The van der Waals surface area contributed by atoms with Crippen molar-refractivity contribution in [2.75, 3.05) is 13.2 Å². The summed E-state index contributed by atoms with van der Waals surface area (Å²) >= 11 is 3.47. The lowest BCUT2D eigenvalue weighted by Gasteiger charge is -2.14. The maximum atomic E-state index is 12.0. The fourth-order valence-corrected chi connectivity index (χ4v) is 3.51. The zero-order valence-electron chi connectivity index (χ0n) is 17.9. The van der Waals surface area contributed by atoms with E-state index in [0.717, 1.165) is 21.2 Å². The first-order valence-corrected chi connectivity index (χ1v) is 11.0. The molecule has 0 heterocycles. The smallest absolute Gasteiger partial charge is 0.276 e. The van der Waals surface area contributed by atoms with Crippen molar-refractivity contribution in [3.8, 4) is 22.6 Å². The van der Waals surface area contributed by atoms with Crippen molar-refractivity contribution in [3.63, 3.8) is 0 Å². The SMILES string of the molecule is CC(C)c1ccccc1OCC(=O)NNC(=O)COc1ccc(-c2ccccc2)cc1Br. The maximum Gasteiger partial charge on any atom is 0.276 e. The van der Waals surface area contributed by atoms with Gasteiger partial charge in [-0.3, -0.25) is 20.4 Å². The van der Waals surface area contributed by atoms with Crippen LogP contribution in [0.15, 0.2) is 77.3 Å². The Hall–Kier alpha value is -3.32. The highest BCUT2D eigenvalue weighted by atomic mass is 79.9. The van der Waals surface area contributed by atoms with Gasteiger partial charge in [-0.25, -0.2) is 0 Å². The highest BCUT2D eigenvalue weighted by Crippen LogP contribution is 2.30. The van der Waals surface area contributed by atoms with E-state index in [1.54, 1.807) is 6.07 Å². The molecule has 2 N–H and O–H groups in total. The van der Waals surface area contributed by atoms with E-state index in [1.807, 2.05) is 66.7 Å². The molecule has 0 bridgehead atoms. The Bertz CT molecular complexity index is 1070. The topological polar surface area (TPSA) is 76.7 Å². The second kappa shape index (κ2) is 11.3. The van der Waals surface area contributed by atoms with Crippen LogP contribution in [0.4, 0.5) is 0 Å². The molecule has 0 saturated heterocycles. The van der Waals surface area contributed by atoms with Crippen LogP contribution in [-0.2, 0) is 9.59 Å². The summed E-state index contributed by atoms with van der Waals surface area (Å²) < 4.78 is 11.9. The number of hydrogen-bond donors (Lipinski definition) is 2. The Labute approximate surface area is 196 Å². The van der Waals surface area contributed by atoms with Crippen LogP contribution >= 0.6 is 15.9 Å². The minimum atomic E-state index is -0.486. The van der Waals surface area contributed by atoms with Gasteiger partial charge < -0.3 is 9.47 Å². The van der Waals surface area contributed by atoms with Gasteiger partial charge in [0.15, 0.2) is 13.2 Å². The molecule has 3 aromatic rings. The van der Waals surface area contributed by atoms with Crippen molar-refractivity contribution in [3.05, 3.63) is 82.8 Å². The number of carbonyl (C=O) groups is 2. The van der Waals surface area contributed by atoms with Crippen LogP contribution in [0.1, 0.15) is 25.3 Å². The normalized spacial score (nSPS) is 10.5. The molecule has 0 atom stereocenters. The van der Waals surface area contributed by atoms with Crippen molar-refractivity contribution in [1.29, 1.82) is 0 Å². The van der Waals surface area contributed by atoms with Crippen molar-refractivity contribution >= 4 is 27.7 Å². The molecule has 6 nitrogen and oxygen atoms in total. The number of para-hydroxylation sites is 1. The first kappa shape index (κ1) is 23.3. The molecular weight excluding hydrogens is 472 g/mol. The molecule has 166 valence electrons. The average Bonchev–Trinajstić information content (AvgIpc) is 2.81. The number of benzene rings is 3. The van der Waals surface area contributed by atoms with Crippen LogP contribution < -0.4 is 20.3 Å². The highest BCUT2D eigenvalue weighted by molar-refractivity contribution is 9.10. The van der Waals surface area contributed by atoms with Gasteiger partial charge in [0.2, 0.25) is 0 Å². The van der Waals surface area contributed by atoms with Crippen LogP contribution in [0, 0.1) is 0 Å². The zero-order chi connectivity index (χ0) is 22.9. The lowest BCUT2D eigenvalue weighted by atomic mass is 10.0. The summed E-state index contributed by atoms with van der Waals surface area (Å²) in [5.41, 5.74) is 7.78. The molecule has 0 aliphatic carbocycles. The van der Waals surface area contributed by atoms with E-state index >= 15 is 0 Å². The van der Waals surface area contributed by atoms with Gasteiger partial charge in [-0.15, -0.1) is 0 Å². The molecular formula is C25H25BrN2O4. The first-order chi connectivity index (χ1) is 15.4. The van der Waals surface area contributed by atoms with E-state index in [-0.39, 0.29) is 19.1 Å². The molecule has 0 aliphatic heterocycles. The van der Waals surface area contributed by atoms with Crippen molar-refractivity contribution < 1.29 is 19.1 Å². The fraction of sp³-hybridized carbons (Fsp3) is 0.200. The van der Waals surface area contributed by atoms with Gasteiger partial charge in [-0.05, 0) is 56.7 Å². The average molecular weight is 497 g/mol. The quantitative estimate of drug-likeness (QED) is 0.437. The predicted molar refractivity (Wildman–Crippen MR) is 127 cm³/mol. The third-order valence-electron chi connectivity index (χ3n) is 4.64. The number of rotatable bonds is 8. The number of carbonyl (C=O) groups excluding carboxylic acids is 2. The maximum absolute atomic E-state index is 12.0. The lowest BCUT2D eigenvalue weighted by molar-refractivity contribution is -0.131. The van der Waals surface area contributed by atoms with Crippen LogP contribution in [0.3, 0.4) is 0 Å². The highest BCUT2D eigenvalue weighted by Gasteiger charge is 2.11. The van der Waals surface area contributed by atoms with E-state index in [0.29, 0.717) is 11.5 Å². The number of halogens is 1.